The number of carbonyl (C=O) groups excluding carboxylic acids is 1. The van der Waals surface area contributed by atoms with Crippen LogP contribution in [0.25, 0.3) is 0 Å². The van der Waals surface area contributed by atoms with Crippen LogP contribution < -0.4 is 0 Å². The van der Waals surface area contributed by atoms with Gasteiger partial charge in [0.1, 0.15) is 10.3 Å². The second-order valence-electron chi connectivity index (χ2n) is 1.42. The molecule has 4 heteroatoms. The highest BCUT2D eigenvalue weighted by Crippen LogP contribution is 2.09. The first kappa shape index (κ1) is 3.09. The van der Waals surface area contributed by atoms with Gasteiger partial charge in [-0.2, -0.15) is 0 Å². The molecule has 52 valence electrons. The van der Waals surface area contributed by atoms with Gasteiger partial charge >= 0.3 is 0 Å². The molecule has 1 rings (SSSR count). The molecule has 0 spiro atoms. The van der Waals surface area contributed by atoms with E-state index in [1.165, 1.54) is 0 Å². The Balaban J connectivity index is 3.28. The number of aromatic nitrogens is 2. The molecule has 0 aliphatic heterocycles. The zero-order valence-corrected chi connectivity index (χ0v) is 6.27. The van der Waals surface area contributed by atoms with E-state index in [9.17, 15) is 4.79 Å². The Hall–Kier alpha value is -0.770. The van der Waals surface area contributed by atoms with Crippen molar-refractivity contribution in [2.45, 2.75) is 6.85 Å². The molecular weight excluding hydrogens is 196 g/mol. The second kappa shape index (κ2) is 2.88. The van der Waals surface area contributed by atoms with Gasteiger partial charge in [0.25, 0.3) is 0 Å². The first-order valence-corrected chi connectivity index (χ1v) is 3.08. The summed E-state index contributed by atoms with van der Waals surface area (Å²) in [6.45, 7) is -2.83. The van der Waals surface area contributed by atoms with Crippen LogP contribution in [0.4, 0.5) is 0 Å². The lowest BCUT2D eigenvalue weighted by Gasteiger charge is -1.93. The average molecular weight is 206 g/mol. The van der Waals surface area contributed by atoms with Crippen molar-refractivity contribution >= 4 is 21.7 Å². The van der Waals surface area contributed by atoms with E-state index in [1.54, 1.807) is 0 Å². The fraction of sp³-hybridized carbons (Fsp3) is 0.167. The molecule has 1 aromatic heterocycles. The van der Waals surface area contributed by atoms with Gasteiger partial charge < -0.3 is 0 Å². The van der Waals surface area contributed by atoms with Crippen LogP contribution in [0.5, 0.6) is 0 Å². The fourth-order valence-electron chi connectivity index (χ4n) is 0.399. The third kappa shape index (κ3) is 1.39. The topological polar surface area (TPSA) is 42.9 Å². The highest BCUT2D eigenvalue weighted by atomic mass is 79.9. The van der Waals surface area contributed by atoms with Crippen LogP contribution in [-0.2, 0) is 0 Å². The summed E-state index contributed by atoms with van der Waals surface area (Å²) in [5, 5.41) is 0. The smallest absolute Gasteiger partial charge is 0.180 e. The summed E-state index contributed by atoms with van der Waals surface area (Å²) in [6, 6.07) is 0. The van der Waals surface area contributed by atoms with Crippen molar-refractivity contribution in [1.29, 1.82) is 0 Å². The maximum absolute atomic E-state index is 11.3. The third-order valence-corrected chi connectivity index (χ3v) is 1.34. The Morgan fingerprint density at radius 1 is 1.80 bits per heavy atom. The van der Waals surface area contributed by atoms with Crippen LogP contribution in [0.1, 0.15) is 24.2 Å². The van der Waals surface area contributed by atoms with Crippen LogP contribution in [0, 0.1) is 0 Å². The maximum Gasteiger partial charge on any atom is 0.180 e. The molecule has 0 bridgehead atoms. The number of halogens is 1. The molecule has 0 amide bonds. The van der Waals surface area contributed by atoms with Crippen LogP contribution in [0.3, 0.4) is 0 Å². The molecule has 0 radical (unpaired) electrons. The first-order chi connectivity index (χ1) is 6.73. The molecule has 1 aromatic rings. The molecule has 0 aromatic carbocycles. The van der Waals surface area contributed by atoms with Crippen molar-refractivity contribution < 1.29 is 11.6 Å². The van der Waals surface area contributed by atoms with E-state index in [2.05, 4.69) is 25.9 Å². The molecule has 0 aliphatic carbocycles. The minimum atomic E-state index is -2.83. The number of rotatable bonds is 1. The normalized spacial score (nSPS) is 17.9. The van der Waals surface area contributed by atoms with Gasteiger partial charge in [0, 0.05) is 23.3 Å². The molecule has 10 heavy (non-hydrogen) atoms. The zero-order chi connectivity index (χ0) is 11.8. The van der Waals surface area contributed by atoms with Crippen molar-refractivity contribution in [2.75, 3.05) is 0 Å². The van der Waals surface area contributed by atoms with Gasteiger partial charge in [-0.25, -0.2) is 9.97 Å². The molecule has 0 unspecified atom stereocenters. The molecule has 0 atom stereocenters. The lowest BCUT2D eigenvalue weighted by Crippen LogP contribution is -1.98. The minimum Gasteiger partial charge on any atom is -0.293 e. The van der Waals surface area contributed by atoms with E-state index in [0.29, 0.717) is 0 Å². The number of hydrogen-bond donors (Lipinski definition) is 0. The first-order valence-electron chi connectivity index (χ1n) is 4.79. The second-order valence-corrected chi connectivity index (χ2v) is 2.17. The standard InChI is InChI=1S/C6H5BrN2O/c1-4(10)5-6(7)9-3-2-8-5/h2-3H,1H3/i1D3,2D,3D. The molecular formula is C6H5BrN2O. The highest BCUT2D eigenvalue weighted by molar-refractivity contribution is 9.10. The highest BCUT2D eigenvalue weighted by Gasteiger charge is 2.04. The monoisotopic (exact) mass is 205 g/mol. The van der Waals surface area contributed by atoms with Crippen molar-refractivity contribution in [3.8, 4) is 0 Å². The summed E-state index contributed by atoms with van der Waals surface area (Å²) in [4.78, 5) is 18.2. The lowest BCUT2D eigenvalue weighted by molar-refractivity contribution is 0.101. The Bertz CT molecular complexity index is 419. The van der Waals surface area contributed by atoms with Crippen LogP contribution in [0.15, 0.2) is 16.9 Å². The molecule has 0 N–H and O–H groups in total. The largest absolute Gasteiger partial charge is 0.293 e. The van der Waals surface area contributed by atoms with Gasteiger partial charge in [0.05, 0.1) is 2.74 Å². The van der Waals surface area contributed by atoms with E-state index in [1.807, 2.05) is 0 Å². The van der Waals surface area contributed by atoms with Crippen molar-refractivity contribution in [2.24, 2.45) is 0 Å². The van der Waals surface area contributed by atoms with Crippen molar-refractivity contribution in [3.05, 3.63) is 22.6 Å². The Morgan fingerprint density at radius 2 is 2.50 bits per heavy atom. The van der Waals surface area contributed by atoms with E-state index in [0.717, 1.165) is 0 Å². The van der Waals surface area contributed by atoms with Gasteiger partial charge in [-0.15, -0.1) is 0 Å². The summed E-state index contributed by atoms with van der Waals surface area (Å²) < 4.78 is 34.8. The van der Waals surface area contributed by atoms with Gasteiger partial charge in [-0.05, 0) is 15.9 Å². The summed E-state index contributed by atoms with van der Waals surface area (Å²) >= 11 is 2.83. The van der Waals surface area contributed by atoms with Crippen molar-refractivity contribution in [1.82, 2.24) is 9.97 Å². The van der Waals surface area contributed by atoms with Crippen molar-refractivity contribution in [3.63, 3.8) is 0 Å². The Labute approximate surface area is 73.7 Å². The quantitative estimate of drug-likeness (QED) is 0.653. The van der Waals surface area contributed by atoms with E-state index < -0.39 is 30.7 Å². The van der Waals surface area contributed by atoms with Crippen LogP contribution >= 0.6 is 15.9 Å². The lowest BCUT2D eigenvalue weighted by atomic mass is 10.3. The van der Waals surface area contributed by atoms with Crippen LogP contribution in [0.2, 0.25) is 0 Å². The predicted octanol–water partition coefficient (Wildman–Crippen LogP) is 1.44. The molecule has 3 nitrogen and oxygen atoms in total. The summed E-state index contributed by atoms with van der Waals surface area (Å²) in [5.41, 5.74) is -0.448. The Morgan fingerprint density at radius 3 is 3.20 bits per heavy atom. The summed E-state index contributed by atoms with van der Waals surface area (Å²) in [7, 11) is 0. The summed E-state index contributed by atoms with van der Waals surface area (Å²) in [6.07, 6.45) is -0.963. The Kier molecular flexibility index (Phi) is 0.888. The van der Waals surface area contributed by atoms with E-state index >= 15 is 0 Å². The van der Waals surface area contributed by atoms with Crippen LogP contribution in [-0.4, -0.2) is 15.8 Å². The average Bonchev–Trinajstić information content (AvgIpc) is 2.08. The fourth-order valence-corrected chi connectivity index (χ4v) is 0.756. The van der Waals surface area contributed by atoms with Gasteiger partial charge in [-0.1, -0.05) is 0 Å². The van der Waals surface area contributed by atoms with E-state index in [-0.39, 0.29) is 4.60 Å². The number of nitrogens with zero attached hydrogens (tertiary/aromatic N) is 2. The van der Waals surface area contributed by atoms with E-state index in [4.69, 9.17) is 6.85 Å². The zero-order valence-electron chi connectivity index (χ0n) is 9.68. The third-order valence-electron chi connectivity index (χ3n) is 0.782. The molecule has 0 aliphatic rings. The molecule has 0 saturated heterocycles. The number of carbonyl (C=O) groups is 1. The molecule has 0 saturated carbocycles. The number of hydrogen-bond acceptors (Lipinski definition) is 3. The predicted molar refractivity (Wildman–Crippen MR) is 39.7 cm³/mol. The summed E-state index contributed by atoms with van der Waals surface area (Å²) in [5.74, 6) is -1.20. The SMILES string of the molecule is [2H]c1nc(Br)c(C(=O)C([2H])([2H])[2H])nc1[2H]. The minimum absolute atomic E-state index is 0.135. The number of Topliss-reactive ketones (excluding diaryl/α,β-unsaturated/α-hetero) is 1. The maximum atomic E-state index is 11.3. The van der Waals surface area contributed by atoms with Gasteiger partial charge in [0.15, 0.2) is 5.78 Å². The molecule has 0 fully saturated rings. The van der Waals surface area contributed by atoms with Gasteiger partial charge in [-0.3, -0.25) is 4.79 Å². The number of ketones is 1. The van der Waals surface area contributed by atoms with Gasteiger partial charge in [0.2, 0.25) is 0 Å². The molecule has 1 heterocycles.